The topological polar surface area (TPSA) is 53.9 Å². The molecule has 1 amide bonds. The molecule has 2 heterocycles. The van der Waals surface area contributed by atoms with Crippen molar-refractivity contribution in [2.24, 2.45) is 4.99 Å². The number of ether oxygens (including phenoxy) is 1. The minimum atomic E-state index is -0.679. The van der Waals surface area contributed by atoms with Crippen LogP contribution >= 0.6 is 15.9 Å². The Morgan fingerprint density at radius 2 is 1.81 bits per heavy atom. The number of carbonyl (C=O) groups excluding carboxylic acids is 1. The van der Waals surface area contributed by atoms with Gasteiger partial charge in [0, 0.05) is 18.0 Å². The van der Waals surface area contributed by atoms with Crippen molar-refractivity contribution in [3.05, 3.63) is 88.4 Å². The summed E-state index contributed by atoms with van der Waals surface area (Å²) in [7, 11) is 1.60. The SMILES string of the molecule is COC1C(=O)N2c3ccccc3NC(=Nc3cccc(C)c3Br)CC12c1ccccc1. The third-order valence-electron chi connectivity index (χ3n) is 6.07. The minimum Gasteiger partial charge on any atom is -0.369 e. The number of anilines is 2. The van der Waals surface area contributed by atoms with Crippen molar-refractivity contribution < 1.29 is 9.53 Å². The molecule has 5 nitrogen and oxygen atoms in total. The van der Waals surface area contributed by atoms with E-state index in [1.165, 1.54) is 0 Å². The van der Waals surface area contributed by atoms with Gasteiger partial charge in [-0.15, -0.1) is 0 Å². The summed E-state index contributed by atoms with van der Waals surface area (Å²) in [6, 6.07) is 24.0. The zero-order chi connectivity index (χ0) is 21.6. The summed E-state index contributed by atoms with van der Waals surface area (Å²) in [4.78, 5) is 20.1. The lowest BCUT2D eigenvalue weighted by Gasteiger charge is -2.56. The summed E-state index contributed by atoms with van der Waals surface area (Å²) in [6.45, 7) is 2.04. The number of benzene rings is 3. The molecule has 5 rings (SSSR count). The van der Waals surface area contributed by atoms with E-state index in [2.05, 4.69) is 33.4 Å². The van der Waals surface area contributed by atoms with Gasteiger partial charge in [-0.2, -0.15) is 0 Å². The van der Waals surface area contributed by atoms with E-state index < -0.39 is 11.6 Å². The van der Waals surface area contributed by atoms with Crippen LogP contribution in [0.4, 0.5) is 17.1 Å². The fourth-order valence-corrected chi connectivity index (χ4v) is 4.99. The summed E-state index contributed by atoms with van der Waals surface area (Å²) >= 11 is 3.67. The second kappa shape index (κ2) is 7.62. The van der Waals surface area contributed by atoms with Crippen LogP contribution in [-0.2, 0) is 15.1 Å². The fraction of sp³-hybridized carbons (Fsp3) is 0.200. The van der Waals surface area contributed by atoms with E-state index in [4.69, 9.17) is 9.73 Å². The number of amidine groups is 1. The maximum Gasteiger partial charge on any atom is 0.259 e. The number of methoxy groups -OCH3 is 1. The molecule has 0 bridgehead atoms. The lowest BCUT2D eigenvalue weighted by atomic mass is 9.72. The maximum atomic E-state index is 13.2. The monoisotopic (exact) mass is 475 g/mol. The Labute approximate surface area is 189 Å². The molecule has 2 unspecified atom stereocenters. The molecule has 0 saturated carbocycles. The summed E-state index contributed by atoms with van der Waals surface area (Å²) in [5.74, 6) is 0.734. The van der Waals surface area contributed by atoms with Gasteiger partial charge in [0.2, 0.25) is 0 Å². The lowest BCUT2D eigenvalue weighted by Crippen LogP contribution is -2.73. The van der Waals surface area contributed by atoms with Crippen molar-refractivity contribution >= 4 is 44.7 Å². The van der Waals surface area contributed by atoms with Crippen molar-refractivity contribution in [2.75, 3.05) is 17.3 Å². The third kappa shape index (κ3) is 3.01. The number of nitrogens with one attached hydrogen (secondary N) is 1. The number of hydrogen-bond acceptors (Lipinski definition) is 3. The van der Waals surface area contributed by atoms with Crippen molar-refractivity contribution in [1.29, 1.82) is 0 Å². The Hall–Kier alpha value is -2.96. The molecular formula is C25H22BrN3O2. The number of nitrogens with zero attached hydrogens (tertiary/aromatic N) is 2. The standard InChI is InChI=1S/C25H22BrN3O2/c1-16-9-8-13-19(22(16)26)28-21-15-25(17-10-4-3-5-11-17)23(31-2)24(30)29(25)20-14-7-6-12-18(20)27-21/h3-14,23H,15H2,1-2H3,(H,27,28). The van der Waals surface area contributed by atoms with E-state index in [1.54, 1.807) is 7.11 Å². The molecule has 2 aliphatic heterocycles. The van der Waals surface area contributed by atoms with Crippen LogP contribution in [0.15, 0.2) is 82.3 Å². The minimum absolute atomic E-state index is 0.0430. The molecule has 1 N–H and O–H groups in total. The normalized spacial score (nSPS) is 23.5. The smallest absolute Gasteiger partial charge is 0.259 e. The van der Waals surface area contributed by atoms with Gasteiger partial charge in [-0.05, 0) is 52.2 Å². The van der Waals surface area contributed by atoms with Crippen molar-refractivity contribution in [2.45, 2.75) is 25.0 Å². The molecule has 0 spiro atoms. The lowest BCUT2D eigenvalue weighted by molar-refractivity contribution is -0.147. The first-order valence-corrected chi connectivity index (χ1v) is 11.0. The number of aryl methyl sites for hydroxylation is 1. The van der Waals surface area contributed by atoms with Crippen molar-refractivity contribution in [3.63, 3.8) is 0 Å². The quantitative estimate of drug-likeness (QED) is 0.504. The van der Waals surface area contributed by atoms with E-state index in [0.717, 1.165) is 38.5 Å². The highest BCUT2D eigenvalue weighted by Gasteiger charge is 2.64. The average Bonchev–Trinajstić information content (AvgIpc) is 2.90. The zero-order valence-electron chi connectivity index (χ0n) is 17.3. The van der Waals surface area contributed by atoms with Gasteiger partial charge in [0.1, 0.15) is 11.4 Å². The van der Waals surface area contributed by atoms with E-state index >= 15 is 0 Å². The molecule has 2 aliphatic rings. The predicted octanol–water partition coefficient (Wildman–Crippen LogP) is 5.56. The molecule has 0 aliphatic carbocycles. The Kier molecular flexibility index (Phi) is 4.91. The Balaban J connectivity index is 1.73. The molecule has 3 aromatic carbocycles. The third-order valence-corrected chi connectivity index (χ3v) is 7.11. The summed E-state index contributed by atoms with van der Waals surface area (Å²) in [6.07, 6.45) is -0.0925. The van der Waals surface area contributed by atoms with Crippen LogP contribution in [0.2, 0.25) is 0 Å². The van der Waals surface area contributed by atoms with Crippen molar-refractivity contribution in [1.82, 2.24) is 0 Å². The average molecular weight is 476 g/mol. The molecule has 3 aromatic rings. The highest BCUT2D eigenvalue weighted by Crippen LogP contribution is 2.52. The van der Waals surface area contributed by atoms with Crippen LogP contribution in [0.5, 0.6) is 0 Å². The van der Waals surface area contributed by atoms with Crippen LogP contribution in [0, 0.1) is 6.92 Å². The first kappa shape index (κ1) is 20.0. The number of carbonyl (C=O) groups is 1. The van der Waals surface area contributed by atoms with Gasteiger partial charge < -0.3 is 10.1 Å². The molecule has 6 heteroatoms. The first-order chi connectivity index (χ1) is 15.1. The Morgan fingerprint density at radius 3 is 2.58 bits per heavy atom. The molecule has 31 heavy (non-hydrogen) atoms. The Bertz CT molecular complexity index is 1190. The largest absolute Gasteiger partial charge is 0.369 e. The second-order valence-corrected chi connectivity index (χ2v) is 8.66. The Morgan fingerprint density at radius 1 is 1.06 bits per heavy atom. The van der Waals surface area contributed by atoms with Crippen molar-refractivity contribution in [3.8, 4) is 0 Å². The molecule has 2 atom stereocenters. The highest BCUT2D eigenvalue weighted by atomic mass is 79.9. The number of amides is 1. The van der Waals surface area contributed by atoms with Crippen LogP contribution in [-0.4, -0.2) is 25.0 Å². The molecule has 0 radical (unpaired) electrons. The van der Waals surface area contributed by atoms with Gasteiger partial charge in [-0.25, -0.2) is 4.99 Å². The molecular weight excluding hydrogens is 454 g/mol. The van der Waals surface area contributed by atoms with E-state index in [-0.39, 0.29) is 5.91 Å². The molecule has 0 aromatic heterocycles. The van der Waals surface area contributed by atoms with E-state index in [0.29, 0.717) is 6.42 Å². The molecule has 156 valence electrons. The number of aliphatic imine (C=N–C) groups is 1. The van der Waals surface area contributed by atoms with Gasteiger partial charge in [0.05, 0.1) is 17.1 Å². The van der Waals surface area contributed by atoms with Crippen LogP contribution in [0.3, 0.4) is 0 Å². The molecule has 1 saturated heterocycles. The second-order valence-electron chi connectivity index (χ2n) is 7.87. The van der Waals surface area contributed by atoms with Gasteiger partial charge >= 0.3 is 0 Å². The number of hydrogen-bond donors (Lipinski definition) is 1. The van der Waals surface area contributed by atoms with Crippen LogP contribution < -0.4 is 10.2 Å². The number of β-lactam (4-membered cyclic amide) rings is 1. The number of para-hydroxylation sites is 2. The maximum absolute atomic E-state index is 13.2. The zero-order valence-corrected chi connectivity index (χ0v) is 18.9. The van der Waals surface area contributed by atoms with Crippen LogP contribution in [0.1, 0.15) is 17.5 Å². The number of fused-ring (bicyclic) bond motifs is 3. The van der Waals surface area contributed by atoms with Gasteiger partial charge in [-0.1, -0.05) is 54.6 Å². The van der Waals surface area contributed by atoms with Gasteiger partial charge in [0.15, 0.2) is 6.10 Å². The van der Waals surface area contributed by atoms with Gasteiger partial charge in [0.25, 0.3) is 5.91 Å². The number of halogens is 1. The summed E-state index contributed by atoms with van der Waals surface area (Å²) < 4.78 is 6.71. The molecule has 1 fully saturated rings. The highest BCUT2D eigenvalue weighted by molar-refractivity contribution is 9.10. The van der Waals surface area contributed by atoms with Crippen LogP contribution in [0.25, 0.3) is 0 Å². The van der Waals surface area contributed by atoms with E-state index in [9.17, 15) is 4.79 Å². The first-order valence-electron chi connectivity index (χ1n) is 10.2. The van der Waals surface area contributed by atoms with Gasteiger partial charge in [-0.3, -0.25) is 9.69 Å². The number of rotatable bonds is 3. The van der Waals surface area contributed by atoms with E-state index in [1.807, 2.05) is 72.5 Å². The summed E-state index contributed by atoms with van der Waals surface area (Å²) in [5, 5.41) is 3.49. The fourth-order valence-electron chi connectivity index (χ4n) is 4.64. The predicted molar refractivity (Wildman–Crippen MR) is 127 cm³/mol. The summed E-state index contributed by atoms with van der Waals surface area (Å²) in [5.41, 5.74) is 3.99.